The summed E-state index contributed by atoms with van der Waals surface area (Å²) >= 11 is 0. The van der Waals surface area contributed by atoms with Crippen LogP contribution in [0.5, 0.6) is 0 Å². The third-order valence-electron chi connectivity index (χ3n) is 9.08. The smallest absolute Gasteiger partial charge is 0.348 e. The molecule has 0 unspecified atom stereocenters. The molecular formula is C24H28F2O6. The summed E-state index contributed by atoms with van der Waals surface area (Å²) in [5, 5.41) is 11.3. The highest BCUT2D eigenvalue weighted by atomic mass is 19.1. The number of ether oxygens (including phenoxy) is 2. The van der Waals surface area contributed by atoms with Crippen molar-refractivity contribution in [3.05, 3.63) is 23.8 Å². The second kappa shape index (κ2) is 6.72. The minimum absolute atomic E-state index is 0.0181. The molecule has 0 aromatic rings. The number of ketones is 1. The van der Waals surface area contributed by atoms with E-state index in [2.05, 4.69) is 0 Å². The van der Waals surface area contributed by atoms with Gasteiger partial charge in [-0.3, -0.25) is 9.59 Å². The van der Waals surface area contributed by atoms with Crippen molar-refractivity contribution in [1.29, 1.82) is 0 Å². The average Bonchev–Trinajstić information content (AvgIpc) is 3.19. The molecule has 1 saturated heterocycles. The van der Waals surface area contributed by atoms with E-state index in [9.17, 15) is 19.5 Å². The maximum Gasteiger partial charge on any atom is 0.348 e. The monoisotopic (exact) mass is 450 g/mol. The number of rotatable bonds is 2. The number of allylic oxidation sites excluding steroid dienone is 4. The summed E-state index contributed by atoms with van der Waals surface area (Å²) in [6.45, 7) is 5.04. The fraction of sp³-hybridized carbons (Fsp3) is 0.708. The number of halogens is 2. The third-order valence-corrected chi connectivity index (χ3v) is 9.08. The Hall–Kier alpha value is -2.09. The van der Waals surface area contributed by atoms with Gasteiger partial charge in [0.2, 0.25) is 6.10 Å². The fourth-order valence-corrected chi connectivity index (χ4v) is 7.60. The Morgan fingerprint density at radius 3 is 2.69 bits per heavy atom. The molecule has 1 aliphatic heterocycles. The van der Waals surface area contributed by atoms with Crippen LogP contribution in [-0.4, -0.2) is 53.0 Å². The summed E-state index contributed by atoms with van der Waals surface area (Å²) in [6.07, 6.45) is -0.580. The van der Waals surface area contributed by atoms with Crippen molar-refractivity contribution in [2.75, 3.05) is 0 Å². The van der Waals surface area contributed by atoms with Gasteiger partial charge in [0.05, 0.1) is 6.10 Å². The van der Waals surface area contributed by atoms with Gasteiger partial charge >= 0.3 is 11.9 Å². The molecule has 0 bridgehead atoms. The first kappa shape index (κ1) is 21.7. The molecule has 32 heavy (non-hydrogen) atoms. The molecule has 8 heteroatoms. The molecule has 5 rings (SSSR count). The summed E-state index contributed by atoms with van der Waals surface area (Å²) in [5.41, 5.74) is -4.33. The third kappa shape index (κ3) is 2.50. The van der Waals surface area contributed by atoms with Crippen molar-refractivity contribution < 1.29 is 37.7 Å². The van der Waals surface area contributed by atoms with Crippen molar-refractivity contribution in [3.63, 3.8) is 0 Å². The first-order chi connectivity index (χ1) is 15.0. The second-order valence-corrected chi connectivity index (χ2v) is 10.4. The maximum atomic E-state index is 17.0. The Kier molecular flexibility index (Phi) is 4.56. The van der Waals surface area contributed by atoms with Crippen LogP contribution < -0.4 is 0 Å². The molecule has 4 aliphatic carbocycles. The SMILES string of the molecule is CCC(=O)O[C@H]1C(=O)O[C@@H]2C[C@H]3[C@@H]4C[C@H](F)C5=CC(=O)C=C[C@]5(C)[C@@]4(F)[C@@H](O)C[C@]3(C)[C@@H]21. The first-order valence-electron chi connectivity index (χ1n) is 11.3. The Balaban J connectivity index is 1.56. The van der Waals surface area contributed by atoms with E-state index >= 15 is 8.78 Å². The van der Waals surface area contributed by atoms with Crippen LogP contribution >= 0.6 is 0 Å². The highest BCUT2D eigenvalue weighted by molar-refractivity contribution is 6.01. The van der Waals surface area contributed by atoms with E-state index < -0.39 is 64.8 Å². The molecule has 4 fully saturated rings. The van der Waals surface area contributed by atoms with E-state index in [1.807, 2.05) is 6.92 Å². The van der Waals surface area contributed by atoms with Crippen LogP contribution in [0.25, 0.3) is 0 Å². The quantitative estimate of drug-likeness (QED) is 0.651. The predicted molar refractivity (Wildman–Crippen MR) is 108 cm³/mol. The number of fused-ring (bicyclic) bond motifs is 7. The van der Waals surface area contributed by atoms with E-state index in [1.54, 1.807) is 13.8 Å². The molecule has 0 radical (unpaired) electrons. The molecule has 1 N–H and O–H groups in total. The van der Waals surface area contributed by atoms with Gasteiger partial charge in [0, 0.05) is 23.7 Å². The lowest BCUT2D eigenvalue weighted by Crippen LogP contribution is -2.68. The van der Waals surface area contributed by atoms with Gasteiger partial charge in [-0.1, -0.05) is 19.9 Å². The topological polar surface area (TPSA) is 89.9 Å². The summed E-state index contributed by atoms with van der Waals surface area (Å²) in [6, 6.07) is 0. The minimum atomic E-state index is -2.18. The minimum Gasteiger partial charge on any atom is -0.459 e. The number of aliphatic hydroxyl groups excluding tert-OH is 1. The highest BCUT2D eigenvalue weighted by Gasteiger charge is 2.75. The van der Waals surface area contributed by atoms with Crippen molar-refractivity contribution >= 4 is 17.7 Å². The number of carbonyl (C=O) groups excluding carboxylic acids is 3. The lowest BCUT2D eigenvalue weighted by Gasteiger charge is -2.62. The van der Waals surface area contributed by atoms with Crippen LogP contribution in [0.3, 0.4) is 0 Å². The Labute approximate surface area is 185 Å². The Morgan fingerprint density at radius 2 is 2.00 bits per heavy atom. The van der Waals surface area contributed by atoms with Crippen molar-refractivity contribution in [1.82, 2.24) is 0 Å². The molecule has 0 aromatic carbocycles. The number of hydrogen-bond acceptors (Lipinski definition) is 6. The molecule has 0 amide bonds. The Morgan fingerprint density at radius 1 is 1.28 bits per heavy atom. The number of aliphatic hydroxyl groups is 1. The van der Waals surface area contributed by atoms with Gasteiger partial charge in [-0.25, -0.2) is 13.6 Å². The molecule has 1 heterocycles. The van der Waals surface area contributed by atoms with E-state index in [4.69, 9.17) is 9.47 Å². The normalized spacial score (nSPS) is 51.2. The maximum absolute atomic E-state index is 17.0. The van der Waals surface area contributed by atoms with Crippen LogP contribution in [0, 0.1) is 28.6 Å². The zero-order valence-corrected chi connectivity index (χ0v) is 18.3. The molecule has 0 aromatic heterocycles. The molecule has 3 saturated carbocycles. The summed E-state index contributed by atoms with van der Waals surface area (Å²) < 4.78 is 43.4. The predicted octanol–water partition coefficient (Wildman–Crippen LogP) is 2.78. The second-order valence-electron chi connectivity index (χ2n) is 10.4. The van der Waals surface area contributed by atoms with E-state index in [0.717, 1.165) is 6.08 Å². The molecule has 174 valence electrons. The van der Waals surface area contributed by atoms with Crippen LogP contribution in [-0.2, 0) is 23.9 Å². The van der Waals surface area contributed by atoms with Gasteiger partial charge in [0.25, 0.3) is 0 Å². The van der Waals surface area contributed by atoms with Crippen LogP contribution in [0.15, 0.2) is 23.8 Å². The zero-order chi connectivity index (χ0) is 23.2. The van der Waals surface area contributed by atoms with Gasteiger partial charge in [-0.2, -0.15) is 0 Å². The lowest BCUT2D eigenvalue weighted by atomic mass is 9.44. The number of carbonyl (C=O) groups is 3. The fourth-order valence-electron chi connectivity index (χ4n) is 7.60. The van der Waals surface area contributed by atoms with Gasteiger partial charge < -0.3 is 14.6 Å². The lowest BCUT2D eigenvalue weighted by molar-refractivity contribution is -0.207. The van der Waals surface area contributed by atoms with Crippen molar-refractivity contribution in [3.8, 4) is 0 Å². The van der Waals surface area contributed by atoms with E-state index in [0.29, 0.717) is 6.42 Å². The Bertz CT molecular complexity index is 960. The molecule has 6 nitrogen and oxygen atoms in total. The van der Waals surface area contributed by atoms with E-state index in [-0.39, 0.29) is 36.5 Å². The standard InChI is InChI=1S/C24H28F2O6/c1-4-18(29)32-20-19-16(31-21(20)30)9-12-13-8-15(25)14-7-11(27)5-6-23(14,3)24(13,26)17(28)10-22(12,19)2/h5-7,12-13,15-17,19-20,28H,4,8-10H2,1-3H3/t12-,13-,15-,16+,17-,19-,20+,22-,23-,24-/m0/s1. The number of hydrogen-bond donors (Lipinski definition) is 1. The van der Waals surface area contributed by atoms with Crippen LogP contribution in [0.2, 0.25) is 0 Å². The average molecular weight is 450 g/mol. The first-order valence-corrected chi connectivity index (χ1v) is 11.3. The van der Waals surface area contributed by atoms with Crippen molar-refractivity contribution in [2.24, 2.45) is 28.6 Å². The van der Waals surface area contributed by atoms with Gasteiger partial charge in [0.1, 0.15) is 12.3 Å². The summed E-state index contributed by atoms with van der Waals surface area (Å²) in [4.78, 5) is 36.3. The van der Waals surface area contributed by atoms with Gasteiger partial charge in [0.15, 0.2) is 11.5 Å². The molecular weight excluding hydrogens is 422 g/mol. The van der Waals surface area contributed by atoms with Crippen LogP contribution in [0.4, 0.5) is 8.78 Å². The zero-order valence-electron chi connectivity index (χ0n) is 18.3. The highest BCUT2D eigenvalue weighted by Crippen LogP contribution is 2.70. The summed E-state index contributed by atoms with van der Waals surface area (Å²) in [5.74, 6) is -3.30. The molecule has 0 spiro atoms. The van der Waals surface area contributed by atoms with Crippen LogP contribution in [0.1, 0.15) is 46.5 Å². The summed E-state index contributed by atoms with van der Waals surface area (Å²) in [7, 11) is 0. The number of alkyl halides is 2. The van der Waals surface area contributed by atoms with Gasteiger partial charge in [-0.05, 0) is 55.2 Å². The van der Waals surface area contributed by atoms with Gasteiger partial charge in [-0.15, -0.1) is 0 Å². The van der Waals surface area contributed by atoms with Crippen molar-refractivity contribution in [2.45, 2.75) is 76.6 Å². The number of esters is 2. The van der Waals surface area contributed by atoms with E-state index in [1.165, 1.54) is 12.2 Å². The molecule has 10 atom stereocenters. The molecule has 5 aliphatic rings. The largest absolute Gasteiger partial charge is 0.459 e.